The topological polar surface area (TPSA) is 108 Å². The number of aromatic amines is 1. The van der Waals surface area contributed by atoms with Gasteiger partial charge in [-0.25, -0.2) is 0 Å². The van der Waals surface area contributed by atoms with Crippen LogP contribution in [0, 0.1) is 29.6 Å². The SMILES string of the molecule is C.CC.CC.CC.CC.CC.CC.CC.CC(C)(C)N1CC2(CCOC2)c2ccccc21.CC(C)(C)N1CCC2(CCOCC2)c2ccccc21.CC(C)(C)N1CCCC2CCCCC21.CC(C)C.CC(C)C.CC(C)C.CC(C)C.c1ccc2c(c1)NCC21CCCO1.c1ccc2c(c1)NCCC21CCCO1.c1ccc2c(c1)NCCC21CCOC1.c1ccc2c(c1)[nH]c1ccccc12. The highest BCUT2D eigenvalue weighted by atomic mass is 16.5. The Bertz CT molecular complexity index is 4180. The van der Waals surface area contributed by atoms with Crippen LogP contribution in [0.5, 0.6) is 0 Å². The van der Waals surface area contributed by atoms with Crippen molar-refractivity contribution in [1.82, 2.24) is 9.88 Å². The number of nitrogens with zero attached hydrogens (tertiary/aromatic N) is 3. The molecule has 11 aliphatic heterocycles. The van der Waals surface area contributed by atoms with Crippen LogP contribution in [0.2, 0.25) is 0 Å². The lowest BCUT2D eigenvalue weighted by molar-refractivity contribution is -0.00631. The fourth-order valence-electron chi connectivity index (χ4n) is 19.9. The van der Waals surface area contributed by atoms with Gasteiger partial charge in [0, 0.05) is 173 Å². The molecule has 0 amide bonds. The Balaban J connectivity index is 0.000000508. The molecule has 1 aliphatic carbocycles. The second-order valence-corrected chi connectivity index (χ2v) is 41.9. The predicted molar refractivity (Wildman–Crippen MR) is 601 cm³/mol. The zero-order valence-corrected chi connectivity index (χ0v) is 92.9. The molecule has 7 fully saturated rings. The third-order valence-corrected chi connectivity index (χ3v) is 25.5. The lowest BCUT2D eigenvalue weighted by atomic mass is 9.68. The first-order valence-electron chi connectivity index (χ1n) is 54.2. The van der Waals surface area contributed by atoms with E-state index in [-0.39, 0.29) is 35.1 Å². The second-order valence-electron chi connectivity index (χ2n) is 41.9. The third-order valence-electron chi connectivity index (χ3n) is 25.5. The number of para-hydroxylation sites is 7. The number of piperidine rings is 1. The van der Waals surface area contributed by atoms with Crippen LogP contribution in [-0.2, 0) is 51.1 Å². The van der Waals surface area contributed by atoms with Gasteiger partial charge in [0.1, 0.15) is 5.60 Å². The summed E-state index contributed by atoms with van der Waals surface area (Å²) in [5.41, 5.74) is 18.1. The van der Waals surface area contributed by atoms with E-state index in [1.165, 1.54) is 175 Å². The van der Waals surface area contributed by atoms with Crippen molar-refractivity contribution in [3.05, 3.63) is 198 Å². The number of anilines is 5. The van der Waals surface area contributed by atoms with E-state index >= 15 is 0 Å². The smallest absolute Gasteiger partial charge is 0.112 e. The summed E-state index contributed by atoms with van der Waals surface area (Å²) in [6, 6.07) is 61.2. The Morgan fingerprint density at radius 3 is 1.13 bits per heavy atom. The molecule has 1 saturated carbocycles. The molecule has 12 aliphatic rings. The zero-order valence-electron chi connectivity index (χ0n) is 92.9. The number of nitrogens with one attached hydrogen (secondary N) is 4. The zero-order chi connectivity index (χ0) is 100. The van der Waals surface area contributed by atoms with E-state index in [0.29, 0.717) is 16.4 Å². The molecule has 7 aromatic carbocycles. The molecule has 8 aromatic rings. The number of H-pyrrole nitrogens is 1. The van der Waals surface area contributed by atoms with Crippen LogP contribution in [0.25, 0.3) is 21.8 Å². The van der Waals surface area contributed by atoms with Gasteiger partial charge in [-0.2, -0.15) is 0 Å². The largest absolute Gasteiger partial charge is 0.385 e. The molecule has 12 heterocycles. The highest BCUT2D eigenvalue weighted by molar-refractivity contribution is 6.07. The number of rotatable bonds is 0. The van der Waals surface area contributed by atoms with Crippen molar-refractivity contribution >= 4 is 50.2 Å². The highest BCUT2D eigenvalue weighted by Crippen LogP contribution is 2.52. The van der Waals surface area contributed by atoms with Gasteiger partial charge in [0.05, 0.1) is 18.8 Å². The van der Waals surface area contributed by atoms with Gasteiger partial charge in [0.25, 0.3) is 0 Å². The maximum atomic E-state index is 5.97. The number of likely N-dealkylation sites (tertiary alicyclic amines) is 1. The van der Waals surface area contributed by atoms with E-state index in [1.54, 1.807) is 5.56 Å². The second kappa shape index (κ2) is 63.7. The molecule has 12 nitrogen and oxygen atoms in total. The van der Waals surface area contributed by atoms with Crippen LogP contribution in [0.4, 0.5) is 28.4 Å². The van der Waals surface area contributed by atoms with Crippen molar-refractivity contribution in [3.8, 4) is 0 Å². The summed E-state index contributed by atoms with van der Waals surface area (Å²) < 4.78 is 28.7. The summed E-state index contributed by atoms with van der Waals surface area (Å²) in [6.45, 7) is 88.9. The Labute approximate surface area is 832 Å². The maximum absolute atomic E-state index is 5.97. The van der Waals surface area contributed by atoms with E-state index in [9.17, 15) is 0 Å². The average molecular weight is 1870 g/mol. The summed E-state index contributed by atoms with van der Waals surface area (Å²) in [5, 5.41) is 12.9. The van der Waals surface area contributed by atoms with Crippen molar-refractivity contribution < 1.29 is 23.7 Å². The van der Waals surface area contributed by atoms with Gasteiger partial charge in [-0.1, -0.05) is 328 Å². The number of benzene rings is 7. The molecule has 6 saturated heterocycles. The molecule has 12 heteroatoms. The third kappa shape index (κ3) is 36.9. The maximum Gasteiger partial charge on any atom is 0.112 e. The van der Waals surface area contributed by atoms with Crippen molar-refractivity contribution in [2.75, 3.05) is 118 Å². The summed E-state index contributed by atoms with van der Waals surface area (Å²) in [7, 11) is 0. The standard InChI is InChI=1S/C17H25NO.C15H21NO.C13H25N.2C12H15NO.C12H9N.C11H13NO.4C4H10.7C2H6.CH4/c1-16(2,3)18-11-8-17(9-12-19-13-10-17)14-6-4-5-7-15(14)18;1-14(2,3)16-10-15(8-9-17-11-15)12-6-4-5-7-13(12)16;1-13(2,3)14-10-6-8-11-7-4-5-9-12(11)14;1-2-5-11-10(4-1)12(7-8-13-11)6-3-9-14-12;1-2-4-11-10(3-1)12(5-7-13-11)6-8-14-9-12;1-3-7-11-9(5-1)10-6-2-4-8-12(10)13-11;1-2-5-10-9(4-1)11(8-12-10)6-3-7-13-11;4*1-4(2)3;7*1-2;/h4-7H,8-13H2,1-3H3;4-7H,8-11H2,1-3H3;11-12H,4-10H2,1-3H3;1-2,4-5,13H,3,6-9H2;1-4,13H,5-9H2;1-8,13H;1-2,4-5,12H,3,6-8H2;4*4H,1-3H3;7*1-2H3;1H4. The van der Waals surface area contributed by atoms with Crippen molar-refractivity contribution in [2.24, 2.45) is 29.6 Å². The summed E-state index contributed by atoms with van der Waals surface area (Å²) in [4.78, 5) is 11.3. The monoisotopic (exact) mass is 1860 g/mol. The first-order chi connectivity index (χ1) is 64.2. The van der Waals surface area contributed by atoms with E-state index in [2.05, 4.69) is 351 Å². The molecular weight excluding hydrogens is 1660 g/mol. The van der Waals surface area contributed by atoms with Gasteiger partial charge in [-0.05, 0) is 254 Å². The summed E-state index contributed by atoms with van der Waals surface area (Å²) in [6.07, 6.45) is 21.9. The fraction of sp³-hybridized carbons (Fsp3) is 0.659. The van der Waals surface area contributed by atoms with Gasteiger partial charge in [-0.15, -0.1) is 0 Å². The summed E-state index contributed by atoms with van der Waals surface area (Å²) in [5.74, 6) is 4.36. The molecule has 5 spiro atoms. The van der Waals surface area contributed by atoms with E-state index in [4.69, 9.17) is 23.7 Å². The van der Waals surface area contributed by atoms with Crippen LogP contribution in [0.3, 0.4) is 0 Å². The molecule has 4 N–H and O–H groups in total. The fourth-order valence-corrected chi connectivity index (χ4v) is 19.9. The quantitative estimate of drug-likeness (QED) is 0.117. The van der Waals surface area contributed by atoms with Gasteiger partial charge in [0.2, 0.25) is 0 Å². The molecule has 135 heavy (non-hydrogen) atoms. The van der Waals surface area contributed by atoms with Crippen LogP contribution in [0.1, 0.15) is 387 Å². The molecule has 6 unspecified atom stereocenters. The van der Waals surface area contributed by atoms with Crippen LogP contribution < -0.4 is 25.8 Å². The van der Waals surface area contributed by atoms with E-state index < -0.39 is 0 Å². The number of ether oxygens (including phenoxy) is 5. The van der Waals surface area contributed by atoms with E-state index in [0.717, 1.165) is 134 Å². The van der Waals surface area contributed by atoms with Crippen molar-refractivity contribution in [3.63, 3.8) is 0 Å². The predicted octanol–water partition coefficient (Wildman–Crippen LogP) is 34.7. The van der Waals surface area contributed by atoms with Gasteiger partial charge in [0.15, 0.2) is 0 Å². The van der Waals surface area contributed by atoms with Gasteiger partial charge >= 0.3 is 0 Å². The highest BCUT2D eigenvalue weighted by Gasteiger charge is 2.49. The lowest BCUT2D eigenvalue weighted by Gasteiger charge is -2.50. The Morgan fingerprint density at radius 2 is 0.681 bits per heavy atom. The molecule has 20 rings (SSSR count). The Morgan fingerprint density at radius 1 is 0.319 bits per heavy atom. The number of fused-ring (bicyclic) bond motifs is 14. The summed E-state index contributed by atoms with van der Waals surface area (Å²) >= 11 is 0. The van der Waals surface area contributed by atoms with Gasteiger partial charge in [-0.3, -0.25) is 4.90 Å². The molecule has 0 radical (unpaired) electrons. The number of aromatic nitrogens is 1. The lowest BCUT2D eigenvalue weighted by Crippen LogP contribution is -2.54. The minimum absolute atomic E-state index is 0. The first-order valence-corrected chi connectivity index (χ1v) is 54.2. The van der Waals surface area contributed by atoms with E-state index in [1.807, 2.05) is 96.9 Å². The van der Waals surface area contributed by atoms with Crippen LogP contribution in [-0.4, -0.2) is 125 Å². The van der Waals surface area contributed by atoms with Crippen molar-refractivity contribution in [1.29, 1.82) is 0 Å². The molecular formula is C123H209N7O5. The van der Waals surface area contributed by atoms with Gasteiger partial charge < -0.3 is 54.4 Å². The normalized spacial score (nSPS) is 21.9. The van der Waals surface area contributed by atoms with Crippen molar-refractivity contribution in [2.45, 2.75) is 409 Å². The van der Waals surface area contributed by atoms with Crippen LogP contribution in [0.15, 0.2) is 170 Å². The Kier molecular flexibility index (Phi) is 58.6. The molecule has 6 atom stereocenters. The minimum Gasteiger partial charge on any atom is -0.385 e. The number of hydrogen-bond donors (Lipinski definition) is 4. The molecule has 1 aromatic heterocycles. The van der Waals surface area contributed by atoms with Crippen LogP contribution >= 0.6 is 0 Å². The first kappa shape index (κ1) is 124. The number of hydrogen-bond acceptors (Lipinski definition) is 11. The molecule has 766 valence electrons. The molecule has 0 bridgehead atoms. The Hall–Kier alpha value is -6.90. The minimum atomic E-state index is 0. The average Bonchev–Trinajstić information content (AvgIpc) is 1.61.